The number of hydrogen-bond acceptors (Lipinski definition) is 0. The van der Waals surface area contributed by atoms with Crippen LogP contribution < -0.4 is 80.9 Å². The second-order valence-electron chi connectivity index (χ2n) is 0. The van der Waals surface area contributed by atoms with Crippen molar-refractivity contribution in [2.45, 2.75) is 0 Å². The molecule has 0 aliphatic heterocycles. The maximum absolute atomic E-state index is 0. The van der Waals surface area contributed by atoms with E-state index in [4.69, 9.17) is 0 Å². The van der Waals surface area contributed by atoms with Gasteiger partial charge in [-0.05, 0) is 0 Å². The molecule has 0 aromatic heterocycles. The Morgan fingerprint density at radius 2 is 1.00 bits per heavy atom. The standard InChI is InChI=1S/Al.2B.ClH.K.Na.5H/h;;;1H;;;;;;;/q;;;;2*+1;;;;2*-1. The molecule has 6 heteroatoms. The van der Waals surface area contributed by atoms with E-state index in [1.165, 1.54) is 0 Å². The number of rotatable bonds is 0. The molecule has 0 spiro atoms. The molecule has 6 heavy (non-hydrogen) atoms. The summed E-state index contributed by atoms with van der Waals surface area (Å²) in [6.07, 6.45) is 0. The van der Waals surface area contributed by atoms with E-state index in [0.29, 0.717) is 0 Å². The first-order valence-electron chi connectivity index (χ1n) is 0. The van der Waals surface area contributed by atoms with E-state index in [0.717, 1.165) is 0 Å². The van der Waals surface area contributed by atoms with Crippen molar-refractivity contribution >= 4 is 46.6 Å². The zero-order chi connectivity index (χ0) is 0. The monoisotopic (exact) mass is 152 g/mol. The fourth-order valence-corrected chi connectivity index (χ4v) is 0. The normalized spacial score (nSPS) is 0. The van der Waals surface area contributed by atoms with Crippen LogP contribution in [0.1, 0.15) is 2.85 Å². The molecule has 0 aromatic carbocycles. The van der Waals surface area contributed by atoms with Crippen molar-refractivity contribution in [3.05, 3.63) is 0 Å². The van der Waals surface area contributed by atoms with Gasteiger partial charge in [-0.2, -0.15) is 0 Å². The van der Waals surface area contributed by atoms with Crippen LogP contribution in [0.15, 0.2) is 0 Å². The minimum atomic E-state index is 0. The van der Waals surface area contributed by atoms with E-state index in [2.05, 4.69) is 0 Å². The third kappa shape index (κ3) is 25.6. The molecule has 0 N–H and O–H groups in total. The minimum absolute atomic E-state index is 0. The van der Waals surface area contributed by atoms with Gasteiger partial charge in [0, 0.05) is 16.8 Å². The summed E-state index contributed by atoms with van der Waals surface area (Å²) in [6.45, 7) is 0. The van der Waals surface area contributed by atoms with Crippen LogP contribution in [-0.2, 0) is 0 Å². The van der Waals surface area contributed by atoms with Crippen molar-refractivity contribution in [3.8, 4) is 0 Å². The predicted molar refractivity (Wildman–Crippen MR) is 30.9 cm³/mol. The maximum Gasteiger partial charge on any atom is 1.00 e. The minimum Gasteiger partial charge on any atom is -1.00 e. The third-order valence-corrected chi connectivity index (χ3v) is 0. The van der Waals surface area contributed by atoms with Crippen molar-refractivity contribution in [2.75, 3.05) is 0 Å². The van der Waals surface area contributed by atoms with E-state index in [1.807, 2.05) is 0 Å². The van der Waals surface area contributed by atoms with E-state index in [-0.39, 0.29) is 130 Å². The van der Waals surface area contributed by atoms with E-state index >= 15 is 0 Å². The Labute approximate surface area is 127 Å². The van der Waals surface area contributed by atoms with Gasteiger partial charge < -0.3 is 2.85 Å². The van der Waals surface area contributed by atoms with Crippen LogP contribution in [0.2, 0.25) is 0 Å². The molecule has 0 unspecified atom stereocenters. The average Bonchev–Trinajstić information content (AvgIpc) is 0. The van der Waals surface area contributed by atoms with Crippen molar-refractivity contribution in [1.82, 2.24) is 0 Å². The SMILES string of the molecule is Cl.[AlH3].[B].[B].[H-].[H-].[K+].[Na+]. The molecule has 0 aliphatic rings. The molecule has 0 aromatic rings. The average molecular weight is 152 g/mol. The van der Waals surface area contributed by atoms with Gasteiger partial charge in [0.05, 0.1) is 0 Å². The van der Waals surface area contributed by atoms with Gasteiger partial charge in [0.1, 0.15) is 0 Å². The Morgan fingerprint density at radius 3 is 1.00 bits per heavy atom. The topological polar surface area (TPSA) is 0 Å². The Morgan fingerprint density at radius 1 is 1.00 bits per heavy atom. The van der Waals surface area contributed by atoms with Gasteiger partial charge in [-0.15, -0.1) is 12.4 Å². The van der Waals surface area contributed by atoms with E-state index in [9.17, 15) is 0 Å². The molecule has 0 aliphatic carbocycles. The second-order valence-corrected chi connectivity index (χ2v) is 0. The first-order chi connectivity index (χ1) is 0. The summed E-state index contributed by atoms with van der Waals surface area (Å²) < 4.78 is 0. The number of halogens is 1. The van der Waals surface area contributed by atoms with Crippen LogP contribution in [0, 0.1) is 0 Å². The smallest absolute Gasteiger partial charge is 1.00 e. The zero-order valence-electron chi connectivity index (χ0n) is 5.56. The molecule has 0 heterocycles. The molecule has 0 saturated heterocycles. The first-order valence-corrected chi connectivity index (χ1v) is 0. The van der Waals surface area contributed by atoms with Gasteiger partial charge in [0.2, 0.25) is 0 Å². The van der Waals surface area contributed by atoms with Crippen LogP contribution >= 0.6 is 12.4 Å². The van der Waals surface area contributed by atoms with Crippen LogP contribution in [0.5, 0.6) is 0 Å². The Bertz CT molecular complexity index is 20.0. The maximum atomic E-state index is 0. The Balaban J connectivity index is 0. The fourth-order valence-electron chi connectivity index (χ4n) is 0. The largest absolute Gasteiger partial charge is 1.00 e. The van der Waals surface area contributed by atoms with Gasteiger partial charge in [-0.1, -0.05) is 0 Å². The fraction of sp³-hybridized carbons (Fsp3) is 0. The molecule has 6 radical (unpaired) electrons. The molecule has 0 amide bonds. The third-order valence-electron chi connectivity index (χ3n) is 0. The summed E-state index contributed by atoms with van der Waals surface area (Å²) in [7, 11) is 0. The van der Waals surface area contributed by atoms with Gasteiger partial charge in [-0.3, -0.25) is 0 Å². The van der Waals surface area contributed by atoms with Gasteiger partial charge in [-0.25, -0.2) is 0 Å². The van der Waals surface area contributed by atoms with Gasteiger partial charge >= 0.3 is 80.9 Å². The summed E-state index contributed by atoms with van der Waals surface area (Å²) in [4.78, 5) is 0. The van der Waals surface area contributed by atoms with Crippen molar-refractivity contribution < 1.29 is 83.8 Å². The van der Waals surface area contributed by atoms with Crippen molar-refractivity contribution in [3.63, 3.8) is 0 Å². The zero-order valence-corrected chi connectivity index (χ0v) is 9.50. The van der Waals surface area contributed by atoms with Crippen LogP contribution in [-0.4, -0.2) is 34.2 Å². The molecular weight excluding hydrogens is 146 g/mol. The van der Waals surface area contributed by atoms with Crippen LogP contribution in [0.3, 0.4) is 0 Å². The molecular formula is H6AlB2ClKNa. The van der Waals surface area contributed by atoms with E-state index in [1.54, 1.807) is 0 Å². The van der Waals surface area contributed by atoms with Crippen LogP contribution in [0.4, 0.5) is 0 Å². The molecule has 0 fully saturated rings. The summed E-state index contributed by atoms with van der Waals surface area (Å²) in [5, 5.41) is 0. The molecule has 0 saturated carbocycles. The van der Waals surface area contributed by atoms with Gasteiger partial charge in [0.25, 0.3) is 0 Å². The summed E-state index contributed by atoms with van der Waals surface area (Å²) >= 11 is 0. The Hall–Kier alpha value is 3.59. The summed E-state index contributed by atoms with van der Waals surface area (Å²) in [5.74, 6) is 0. The van der Waals surface area contributed by atoms with Crippen molar-refractivity contribution in [2.24, 2.45) is 0 Å². The molecule has 0 rings (SSSR count). The Kier molecular flexibility index (Phi) is 352. The molecule has 0 bridgehead atoms. The molecule has 24 valence electrons. The second kappa shape index (κ2) is 38.4. The van der Waals surface area contributed by atoms with Crippen LogP contribution in [0.25, 0.3) is 0 Å². The molecule has 0 atom stereocenters. The first kappa shape index (κ1) is 54.9. The van der Waals surface area contributed by atoms with Gasteiger partial charge in [0.15, 0.2) is 17.4 Å². The predicted octanol–water partition coefficient (Wildman–Crippen LogP) is -7.29. The quantitative estimate of drug-likeness (QED) is 0.303. The number of hydrogen-bond donors (Lipinski definition) is 0. The molecule has 0 nitrogen and oxygen atoms in total. The summed E-state index contributed by atoms with van der Waals surface area (Å²) in [6, 6.07) is 0. The summed E-state index contributed by atoms with van der Waals surface area (Å²) in [5.41, 5.74) is 0. The van der Waals surface area contributed by atoms with Crippen molar-refractivity contribution in [1.29, 1.82) is 0 Å². The van der Waals surface area contributed by atoms with E-state index < -0.39 is 0 Å².